The second kappa shape index (κ2) is 5.79. The van der Waals surface area contributed by atoms with Crippen molar-refractivity contribution in [3.05, 3.63) is 65.9 Å². The second-order valence-electron chi connectivity index (χ2n) is 6.93. The first-order valence-electron chi connectivity index (χ1n) is 8.49. The highest BCUT2D eigenvalue weighted by molar-refractivity contribution is 6.09. The third-order valence-electron chi connectivity index (χ3n) is 4.40. The molecule has 0 bridgehead atoms. The maximum Gasteiger partial charge on any atom is 0.144 e. The molecule has 0 unspecified atom stereocenters. The zero-order chi connectivity index (χ0) is 16.7. The summed E-state index contributed by atoms with van der Waals surface area (Å²) >= 11 is 0. The molecule has 0 aliphatic carbocycles. The van der Waals surface area contributed by atoms with Gasteiger partial charge in [0.25, 0.3) is 0 Å². The van der Waals surface area contributed by atoms with E-state index in [9.17, 15) is 0 Å². The van der Waals surface area contributed by atoms with Gasteiger partial charge in [0.15, 0.2) is 0 Å². The van der Waals surface area contributed by atoms with Gasteiger partial charge in [0.05, 0.1) is 5.69 Å². The average Bonchev–Trinajstić information content (AvgIpc) is 2.93. The number of aromatic nitrogens is 1. The molecule has 2 aromatic heterocycles. The molecular weight excluding hydrogens is 294 g/mol. The normalized spacial score (nSPS) is 11.7. The molecule has 0 saturated heterocycles. The van der Waals surface area contributed by atoms with Crippen molar-refractivity contribution in [2.45, 2.75) is 27.2 Å². The van der Waals surface area contributed by atoms with Crippen molar-refractivity contribution >= 4 is 21.9 Å². The smallest absolute Gasteiger partial charge is 0.144 e. The quantitative estimate of drug-likeness (QED) is 0.453. The van der Waals surface area contributed by atoms with E-state index >= 15 is 0 Å². The maximum absolute atomic E-state index is 6.15. The molecule has 0 amide bonds. The van der Waals surface area contributed by atoms with Gasteiger partial charge in [-0.2, -0.15) is 0 Å². The molecule has 2 heterocycles. The van der Waals surface area contributed by atoms with E-state index in [1.54, 1.807) is 0 Å². The predicted octanol–water partition coefficient (Wildman–Crippen LogP) is 6.15. The summed E-state index contributed by atoms with van der Waals surface area (Å²) in [5.74, 6) is 0.639. The van der Waals surface area contributed by atoms with Crippen LogP contribution in [0.5, 0.6) is 0 Å². The van der Waals surface area contributed by atoms with Gasteiger partial charge in [0, 0.05) is 22.5 Å². The number of benzene rings is 2. The highest BCUT2D eigenvalue weighted by Crippen LogP contribution is 2.35. The Morgan fingerprint density at radius 2 is 1.88 bits per heavy atom. The predicted molar refractivity (Wildman–Crippen MR) is 100 cm³/mol. The van der Waals surface area contributed by atoms with Crippen molar-refractivity contribution in [3.8, 4) is 11.3 Å². The molecule has 0 aliphatic heterocycles. The number of rotatable bonds is 3. The Morgan fingerprint density at radius 1 is 1.00 bits per heavy atom. The molecular formula is C22H21NO. The summed E-state index contributed by atoms with van der Waals surface area (Å²) in [4.78, 5) is 4.68. The number of furan rings is 1. The molecule has 4 rings (SSSR count). The summed E-state index contributed by atoms with van der Waals surface area (Å²) in [6.45, 7) is 6.56. The highest BCUT2D eigenvalue weighted by Gasteiger charge is 2.13. The number of hydrogen-bond donors (Lipinski definition) is 0. The lowest BCUT2D eigenvalue weighted by molar-refractivity contribution is 0.645. The van der Waals surface area contributed by atoms with Crippen LogP contribution in [0.3, 0.4) is 0 Å². The van der Waals surface area contributed by atoms with Crippen molar-refractivity contribution < 1.29 is 4.42 Å². The van der Waals surface area contributed by atoms with Crippen LogP contribution >= 0.6 is 0 Å². The maximum atomic E-state index is 6.15. The molecule has 4 aromatic rings. The van der Waals surface area contributed by atoms with E-state index in [2.05, 4.69) is 68.2 Å². The van der Waals surface area contributed by atoms with E-state index in [-0.39, 0.29) is 0 Å². The topological polar surface area (TPSA) is 26.0 Å². The van der Waals surface area contributed by atoms with E-state index in [0.29, 0.717) is 5.92 Å². The van der Waals surface area contributed by atoms with Crippen LogP contribution < -0.4 is 0 Å². The molecule has 24 heavy (non-hydrogen) atoms. The number of pyridine rings is 1. The van der Waals surface area contributed by atoms with E-state index in [1.807, 2.05) is 12.3 Å². The Hall–Kier alpha value is -2.61. The van der Waals surface area contributed by atoms with Crippen molar-refractivity contribution in [1.82, 2.24) is 4.98 Å². The van der Waals surface area contributed by atoms with Gasteiger partial charge < -0.3 is 4.42 Å². The summed E-state index contributed by atoms with van der Waals surface area (Å²) in [5.41, 5.74) is 6.39. The first kappa shape index (κ1) is 14.9. The SMILES string of the molecule is Cc1ccc2oc3c(-c4ccc(CC(C)C)cn4)cccc3c2c1. The minimum Gasteiger partial charge on any atom is -0.455 e. The van der Waals surface area contributed by atoms with Crippen molar-refractivity contribution in [2.24, 2.45) is 5.92 Å². The fraction of sp³-hybridized carbons (Fsp3) is 0.227. The van der Waals surface area contributed by atoms with Crippen LogP contribution in [0.2, 0.25) is 0 Å². The monoisotopic (exact) mass is 315 g/mol. The molecule has 2 aromatic carbocycles. The lowest BCUT2D eigenvalue weighted by Gasteiger charge is -2.06. The Bertz CT molecular complexity index is 1010. The summed E-state index contributed by atoms with van der Waals surface area (Å²) in [6, 6.07) is 16.9. The Labute approximate surface area is 142 Å². The zero-order valence-electron chi connectivity index (χ0n) is 14.3. The second-order valence-corrected chi connectivity index (χ2v) is 6.93. The molecule has 120 valence electrons. The molecule has 0 N–H and O–H groups in total. The number of aryl methyl sites for hydroxylation is 1. The van der Waals surface area contributed by atoms with Gasteiger partial charge in [-0.15, -0.1) is 0 Å². The molecule has 0 atom stereocenters. The summed E-state index contributed by atoms with van der Waals surface area (Å²) < 4.78 is 6.15. The molecule has 0 fully saturated rings. The number of para-hydroxylation sites is 1. The molecule has 2 nitrogen and oxygen atoms in total. The first-order chi connectivity index (χ1) is 11.6. The first-order valence-corrected chi connectivity index (χ1v) is 8.49. The number of nitrogens with zero attached hydrogens (tertiary/aromatic N) is 1. The van der Waals surface area contributed by atoms with Gasteiger partial charge in [0.1, 0.15) is 11.2 Å². The van der Waals surface area contributed by atoms with Crippen LogP contribution in [0.4, 0.5) is 0 Å². The lowest BCUT2D eigenvalue weighted by atomic mass is 10.0. The molecule has 0 aliphatic rings. The minimum atomic E-state index is 0.639. The van der Waals surface area contributed by atoms with Gasteiger partial charge in [-0.3, -0.25) is 4.98 Å². The summed E-state index contributed by atoms with van der Waals surface area (Å²) in [6.07, 6.45) is 3.04. The zero-order valence-corrected chi connectivity index (χ0v) is 14.3. The molecule has 2 heteroatoms. The molecule has 0 spiro atoms. The minimum absolute atomic E-state index is 0.639. The Kier molecular flexibility index (Phi) is 3.61. The summed E-state index contributed by atoms with van der Waals surface area (Å²) in [5, 5.41) is 2.32. The van der Waals surface area contributed by atoms with Gasteiger partial charge >= 0.3 is 0 Å². The number of hydrogen-bond acceptors (Lipinski definition) is 2. The van der Waals surface area contributed by atoms with Gasteiger partial charge in [0.2, 0.25) is 0 Å². The van der Waals surface area contributed by atoms with Crippen LogP contribution in [0.1, 0.15) is 25.0 Å². The summed E-state index contributed by atoms with van der Waals surface area (Å²) in [7, 11) is 0. The third-order valence-corrected chi connectivity index (χ3v) is 4.40. The lowest BCUT2D eigenvalue weighted by Crippen LogP contribution is -1.95. The van der Waals surface area contributed by atoms with Crippen LogP contribution in [-0.4, -0.2) is 4.98 Å². The van der Waals surface area contributed by atoms with E-state index in [0.717, 1.165) is 34.2 Å². The fourth-order valence-electron chi connectivity index (χ4n) is 3.29. The largest absolute Gasteiger partial charge is 0.455 e. The number of fused-ring (bicyclic) bond motifs is 3. The Balaban J connectivity index is 1.86. The highest BCUT2D eigenvalue weighted by atomic mass is 16.3. The van der Waals surface area contributed by atoms with Crippen molar-refractivity contribution in [2.75, 3.05) is 0 Å². The average molecular weight is 315 g/mol. The standard InChI is InChI=1S/C22H21NO/c1-14(2)11-16-8-9-20(23-13-16)18-6-4-5-17-19-12-15(3)7-10-21(19)24-22(17)18/h4-10,12-14H,11H2,1-3H3. The Morgan fingerprint density at radius 3 is 2.62 bits per heavy atom. The third kappa shape index (κ3) is 2.58. The van der Waals surface area contributed by atoms with E-state index in [1.165, 1.54) is 16.5 Å². The fourth-order valence-corrected chi connectivity index (χ4v) is 3.29. The van der Waals surface area contributed by atoms with Crippen molar-refractivity contribution in [3.63, 3.8) is 0 Å². The van der Waals surface area contributed by atoms with E-state index < -0.39 is 0 Å². The van der Waals surface area contributed by atoms with Crippen molar-refractivity contribution in [1.29, 1.82) is 0 Å². The van der Waals surface area contributed by atoms with E-state index in [4.69, 9.17) is 4.42 Å². The van der Waals surface area contributed by atoms with Crippen LogP contribution in [0.25, 0.3) is 33.2 Å². The van der Waals surface area contributed by atoms with Crippen LogP contribution in [-0.2, 0) is 6.42 Å². The van der Waals surface area contributed by atoms with Crippen LogP contribution in [0.15, 0.2) is 59.1 Å². The van der Waals surface area contributed by atoms with Crippen LogP contribution in [0, 0.1) is 12.8 Å². The molecule has 0 saturated carbocycles. The van der Waals surface area contributed by atoms with Gasteiger partial charge in [-0.05, 0) is 49.1 Å². The van der Waals surface area contributed by atoms with Gasteiger partial charge in [-0.1, -0.05) is 43.7 Å². The van der Waals surface area contributed by atoms with Gasteiger partial charge in [-0.25, -0.2) is 0 Å². The molecule has 0 radical (unpaired) electrons.